The van der Waals surface area contributed by atoms with Gasteiger partial charge in [0.15, 0.2) is 15.0 Å². The van der Waals surface area contributed by atoms with Crippen LogP contribution in [0.1, 0.15) is 6.92 Å². The smallest absolute Gasteiger partial charge is 0.234 e. The van der Waals surface area contributed by atoms with Crippen LogP contribution < -0.4 is 5.32 Å². The summed E-state index contributed by atoms with van der Waals surface area (Å²) in [6.07, 6.45) is 2.70. The van der Waals surface area contributed by atoms with Gasteiger partial charge in [-0.1, -0.05) is 23.9 Å². The summed E-state index contributed by atoms with van der Waals surface area (Å²) in [5, 5.41) is 11.0. The zero-order valence-electron chi connectivity index (χ0n) is 12.2. The Labute approximate surface area is 133 Å². The molecule has 1 aromatic heterocycles. The maximum Gasteiger partial charge on any atom is 0.234 e. The third-order valence-electron chi connectivity index (χ3n) is 2.81. The van der Waals surface area contributed by atoms with Crippen molar-refractivity contribution in [1.82, 2.24) is 14.8 Å². The number of amides is 1. The van der Waals surface area contributed by atoms with E-state index in [2.05, 4.69) is 15.5 Å². The van der Waals surface area contributed by atoms with Gasteiger partial charge in [0.1, 0.15) is 6.33 Å². The topological polar surface area (TPSA) is 93.9 Å². The lowest BCUT2D eigenvalue weighted by Gasteiger charge is -2.09. The minimum atomic E-state index is -3.40. The van der Waals surface area contributed by atoms with E-state index in [-0.39, 0.29) is 22.2 Å². The van der Waals surface area contributed by atoms with Crippen molar-refractivity contribution in [3.63, 3.8) is 0 Å². The summed E-state index contributed by atoms with van der Waals surface area (Å²) in [5.41, 5.74) is 0.285. The fourth-order valence-electron chi connectivity index (χ4n) is 1.78. The zero-order valence-corrected chi connectivity index (χ0v) is 13.8. The molecule has 2 aromatic rings. The number of nitrogens with zero attached hydrogens (tertiary/aromatic N) is 3. The SMILES string of the molecule is CCn1cnnc1SCC(=O)Nc1ccccc1S(C)(=O)=O. The van der Waals surface area contributed by atoms with E-state index in [1.165, 1.54) is 17.8 Å². The van der Waals surface area contributed by atoms with Crippen LogP contribution >= 0.6 is 11.8 Å². The Morgan fingerprint density at radius 1 is 1.36 bits per heavy atom. The Kier molecular flexibility index (Phi) is 5.19. The van der Waals surface area contributed by atoms with Gasteiger partial charge in [-0.2, -0.15) is 0 Å². The predicted molar refractivity (Wildman–Crippen MR) is 84.6 cm³/mol. The lowest BCUT2D eigenvalue weighted by molar-refractivity contribution is -0.113. The van der Waals surface area contributed by atoms with E-state index in [0.29, 0.717) is 11.7 Å². The number of nitrogens with one attached hydrogen (secondary N) is 1. The molecular formula is C13H16N4O3S2. The number of thioether (sulfide) groups is 1. The predicted octanol–water partition coefficient (Wildman–Crippen LogP) is 1.43. The Balaban J connectivity index is 2.04. The van der Waals surface area contributed by atoms with Crippen LogP contribution in [0.25, 0.3) is 0 Å². The average Bonchev–Trinajstić information content (AvgIpc) is 2.92. The lowest BCUT2D eigenvalue weighted by atomic mass is 10.3. The Morgan fingerprint density at radius 3 is 2.77 bits per heavy atom. The van der Waals surface area contributed by atoms with E-state index in [1.54, 1.807) is 24.5 Å². The molecule has 0 bridgehead atoms. The third-order valence-corrected chi connectivity index (χ3v) is 4.95. The second-order valence-electron chi connectivity index (χ2n) is 4.50. The molecule has 0 atom stereocenters. The van der Waals surface area contributed by atoms with Crippen molar-refractivity contribution >= 4 is 33.2 Å². The number of aryl methyl sites for hydroxylation is 1. The van der Waals surface area contributed by atoms with E-state index in [4.69, 9.17) is 0 Å². The molecule has 1 heterocycles. The maximum absolute atomic E-state index is 12.0. The fourth-order valence-corrected chi connectivity index (χ4v) is 3.41. The molecule has 0 saturated carbocycles. The number of anilines is 1. The van der Waals surface area contributed by atoms with E-state index >= 15 is 0 Å². The molecule has 0 spiro atoms. The highest BCUT2D eigenvalue weighted by atomic mass is 32.2. The summed E-state index contributed by atoms with van der Waals surface area (Å²) < 4.78 is 25.2. The molecule has 0 unspecified atom stereocenters. The Morgan fingerprint density at radius 2 is 2.09 bits per heavy atom. The highest BCUT2D eigenvalue weighted by molar-refractivity contribution is 7.99. The summed E-state index contributed by atoms with van der Waals surface area (Å²) >= 11 is 1.25. The molecule has 0 aliphatic carbocycles. The summed E-state index contributed by atoms with van der Waals surface area (Å²) in [4.78, 5) is 12.1. The van der Waals surface area contributed by atoms with Crippen molar-refractivity contribution in [2.24, 2.45) is 0 Å². The van der Waals surface area contributed by atoms with Crippen molar-refractivity contribution < 1.29 is 13.2 Å². The molecule has 0 radical (unpaired) electrons. The average molecular weight is 340 g/mol. The van der Waals surface area contributed by atoms with Crippen LogP contribution in [0, 0.1) is 0 Å². The maximum atomic E-state index is 12.0. The van der Waals surface area contributed by atoms with Crippen molar-refractivity contribution in [3.8, 4) is 0 Å². The van der Waals surface area contributed by atoms with Crippen molar-refractivity contribution in [1.29, 1.82) is 0 Å². The fraction of sp³-hybridized carbons (Fsp3) is 0.308. The summed E-state index contributed by atoms with van der Waals surface area (Å²) in [5.74, 6) is -0.177. The minimum absolute atomic E-state index is 0.102. The standard InChI is InChI=1S/C13H16N4O3S2/c1-3-17-9-14-16-13(17)21-8-12(18)15-10-6-4-5-7-11(10)22(2,19)20/h4-7,9H,3,8H2,1-2H3,(H,15,18). The third kappa shape index (κ3) is 4.08. The molecule has 7 nitrogen and oxygen atoms in total. The van der Waals surface area contributed by atoms with Gasteiger partial charge in [0, 0.05) is 12.8 Å². The number of carbonyl (C=O) groups excluding carboxylic acids is 1. The first-order valence-electron chi connectivity index (χ1n) is 6.51. The molecule has 118 valence electrons. The first kappa shape index (κ1) is 16.5. The van der Waals surface area contributed by atoms with Gasteiger partial charge in [0.2, 0.25) is 5.91 Å². The molecule has 2 rings (SSSR count). The van der Waals surface area contributed by atoms with E-state index in [9.17, 15) is 13.2 Å². The molecule has 1 aromatic carbocycles. The molecule has 0 aliphatic rings. The summed E-state index contributed by atoms with van der Waals surface area (Å²) in [7, 11) is -3.40. The van der Waals surface area contributed by atoms with Crippen LogP contribution in [0.2, 0.25) is 0 Å². The number of para-hydroxylation sites is 1. The molecule has 1 amide bonds. The summed E-state index contributed by atoms with van der Waals surface area (Å²) in [6, 6.07) is 6.31. The van der Waals surface area contributed by atoms with Gasteiger partial charge in [-0.15, -0.1) is 10.2 Å². The van der Waals surface area contributed by atoms with Crippen molar-refractivity contribution in [3.05, 3.63) is 30.6 Å². The number of rotatable bonds is 6. The highest BCUT2D eigenvalue weighted by Crippen LogP contribution is 2.21. The van der Waals surface area contributed by atoms with Crippen molar-refractivity contribution in [2.45, 2.75) is 23.5 Å². The largest absolute Gasteiger partial charge is 0.324 e. The van der Waals surface area contributed by atoms with Gasteiger partial charge in [-0.25, -0.2) is 8.42 Å². The first-order chi connectivity index (χ1) is 10.4. The van der Waals surface area contributed by atoms with E-state index in [1.807, 2.05) is 11.5 Å². The number of hydrogen-bond acceptors (Lipinski definition) is 6. The second kappa shape index (κ2) is 6.93. The van der Waals surface area contributed by atoms with Gasteiger partial charge in [-0.3, -0.25) is 4.79 Å². The van der Waals surface area contributed by atoms with Crippen LogP contribution in [0.15, 0.2) is 40.6 Å². The molecular weight excluding hydrogens is 324 g/mol. The first-order valence-corrected chi connectivity index (χ1v) is 9.39. The van der Waals surface area contributed by atoms with Gasteiger partial charge < -0.3 is 9.88 Å². The zero-order chi connectivity index (χ0) is 16.2. The number of carbonyl (C=O) groups is 1. The van der Waals surface area contributed by atoms with E-state index in [0.717, 1.165) is 6.26 Å². The van der Waals surface area contributed by atoms with Gasteiger partial charge in [0.05, 0.1) is 16.3 Å². The Hall–Kier alpha value is -1.87. The van der Waals surface area contributed by atoms with Crippen LogP contribution in [0.5, 0.6) is 0 Å². The van der Waals surface area contributed by atoms with E-state index < -0.39 is 9.84 Å². The monoisotopic (exact) mass is 340 g/mol. The van der Waals surface area contributed by atoms with Crippen LogP contribution in [0.3, 0.4) is 0 Å². The molecule has 9 heteroatoms. The molecule has 0 fully saturated rings. The Bertz CT molecular complexity index is 771. The van der Waals surface area contributed by atoms with Gasteiger partial charge >= 0.3 is 0 Å². The lowest BCUT2D eigenvalue weighted by Crippen LogP contribution is -2.16. The van der Waals surface area contributed by atoms with Gasteiger partial charge in [0.25, 0.3) is 0 Å². The quantitative estimate of drug-likeness (QED) is 0.800. The van der Waals surface area contributed by atoms with Crippen molar-refractivity contribution in [2.75, 3.05) is 17.3 Å². The molecule has 0 saturated heterocycles. The van der Waals surface area contributed by atoms with Crippen LogP contribution in [-0.2, 0) is 21.2 Å². The van der Waals surface area contributed by atoms with Gasteiger partial charge in [-0.05, 0) is 19.1 Å². The van der Waals surface area contributed by atoms with Crippen LogP contribution in [0.4, 0.5) is 5.69 Å². The number of sulfone groups is 1. The molecule has 1 N–H and O–H groups in total. The minimum Gasteiger partial charge on any atom is -0.324 e. The number of hydrogen-bond donors (Lipinski definition) is 1. The number of benzene rings is 1. The highest BCUT2D eigenvalue weighted by Gasteiger charge is 2.15. The number of aromatic nitrogens is 3. The summed E-state index contributed by atoms with van der Waals surface area (Å²) in [6.45, 7) is 2.67. The normalized spacial score (nSPS) is 11.4. The molecule has 22 heavy (non-hydrogen) atoms. The molecule has 0 aliphatic heterocycles. The second-order valence-corrected chi connectivity index (χ2v) is 7.43. The van der Waals surface area contributed by atoms with Crippen LogP contribution in [-0.4, -0.2) is 41.1 Å².